The van der Waals surface area contributed by atoms with Gasteiger partial charge in [-0.2, -0.15) is 0 Å². The minimum Gasteiger partial charge on any atom is -0.440 e. The number of fused-ring (bicyclic) bond motifs is 1. The molecule has 1 aromatic carbocycles. The Labute approximate surface area is 135 Å². The molecule has 0 spiro atoms. The Morgan fingerprint density at radius 2 is 2.00 bits per heavy atom. The van der Waals surface area contributed by atoms with Gasteiger partial charge in [-0.3, -0.25) is 0 Å². The van der Waals surface area contributed by atoms with Gasteiger partial charge in [0, 0.05) is 5.75 Å². The Bertz CT molecular complexity index is 876. The first-order chi connectivity index (χ1) is 10.8. The number of thiophene rings is 1. The first-order valence-corrected chi connectivity index (χ1v) is 8.65. The summed E-state index contributed by atoms with van der Waals surface area (Å²) in [7, 11) is 0. The molecule has 4 rings (SSSR count). The molecule has 0 radical (unpaired) electrons. The van der Waals surface area contributed by atoms with Gasteiger partial charge >= 0.3 is 0 Å². The van der Waals surface area contributed by atoms with E-state index in [1.54, 1.807) is 11.3 Å². The van der Waals surface area contributed by atoms with Gasteiger partial charge in [-0.15, -0.1) is 11.3 Å². The average molecular weight is 328 g/mol. The molecule has 0 saturated heterocycles. The fourth-order valence-corrected chi connectivity index (χ4v) is 3.60. The maximum absolute atomic E-state index is 5.74. The quantitative estimate of drug-likeness (QED) is 0.485. The van der Waals surface area contributed by atoms with Crippen LogP contribution in [0.25, 0.3) is 21.9 Å². The molecule has 0 bridgehead atoms. The maximum Gasteiger partial charge on any atom is 0.257 e. The molecule has 0 fully saturated rings. The summed E-state index contributed by atoms with van der Waals surface area (Å²) in [6.07, 6.45) is 0. The monoisotopic (exact) mass is 328 g/mol. The van der Waals surface area contributed by atoms with Gasteiger partial charge < -0.3 is 8.83 Å². The predicted octanol–water partition coefficient (Wildman–Crippen LogP) is 5.15. The van der Waals surface area contributed by atoms with Crippen molar-refractivity contribution in [2.75, 3.05) is 0 Å². The van der Waals surface area contributed by atoms with Crippen molar-refractivity contribution in [3.63, 3.8) is 0 Å². The minimum atomic E-state index is 0.654. The van der Waals surface area contributed by atoms with E-state index in [1.807, 2.05) is 48.7 Å². The molecule has 22 heavy (non-hydrogen) atoms. The third kappa shape index (κ3) is 2.55. The van der Waals surface area contributed by atoms with Crippen LogP contribution in [0.4, 0.5) is 0 Å². The lowest BCUT2D eigenvalue weighted by atomic mass is 10.3. The first kappa shape index (κ1) is 13.6. The standard InChI is InChI=1S/C16H12N2O2S2/c1-10-12(17-15(19-10)14-7-4-8-21-14)9-22-16-18-11-5-2-3-6-13(11)20-16/h2-8H,9H2,1H3. The Balaban J connectivity index is 1.54. The molecule has 0 unspecified atom stereocenters. The van der Waals surface area contributed by atoms with Gasteiger partial charge in [0.05, 0.1) is 10.6 Å². The lowest BCUT2D eigenvalue weighted by Gasteiger charge is -1.93. The topological polar surface area (TPSA) is 52.1 Å². The number of thioether (sulfide) groups is 1. The lowest BCUT2D eigenvalue weighted by molar-refractivity contribution is 0.489. The minimum absolute atomic E-state index is 0.654. The average Bonchev–Trinajstić information content (AvgIpc) is 3.24. The number of oxazole rings is 2. The van der Waals surface area contributed by atoms with Crippen LogP contribution in [0.1, 0.15) is 11.5 Å². The molecule has 110 valence electrons. The number of aromatic nitrogens is 2. The van der Waals surface area contributed by atoms with Gasteiger partial charge in [0.15, 0.2) is 5.58 Å². The summed E-state index contributed by atoms with van der Waals surface area (Å²) < 4.78 is 11.4. The molecule has 0 aliphatic heterocycles. The highest BCUT2D eigenvalue weighted by Gasteiger charge is 2.14. The highest BCUT2D eigenvalue weighted by atomic mass is 32.2. The van der Waals surface area contributed by atoms with Crippen molar-refractivity contribution < 1.29 is 8.83 Å². The van der Waals surface area contributed by atoms with Gasteiger partial charge in [-0.1, -0.05) is 30.0 Å². The molecule has 4 aromatic rings. The zero-order valence-electron chi connectivity index (χ0n) is 11.8. The molecule has 4 nitrogen and oxygen atoms in total. The third-order valence-corrected chi connectivity index (χ3v) is 4.93. The molecular formula is C16H12N2O2S2. The number of hydrogen-bond acceptors (Lipinski definition) is 6. The van der Waals surface area contributed by atoms with E-state index in [2.05, 4.69) is 9.97 Å². The van der Waals surface area contributed by atoms with Gasteiger partial charge in [0.25, 0.3) is 5.22 Å². The van der Waals surface area contributed by atoms with Gasteiger partial charge in [-0.25, -0.2) is 9.97 Å². The van der Waals surface area contributed by atoms with Crippen LogP contribution in [0.2, 0.25) is 0 Å². The van der Waals surface area contributed by atoms with Crippen molar-refractivity contribution in [2.45, 2.75) is 17.9 Å². The van der Waals surface area contributed by atoms with Crippen LogP contribution >= 0.6 is 23.1 Å². The molecule has 0 saturated carbocycles. The first-order valence-electron chi connectivity index (χ1n) is 6.78. The van der Waals surface area contributed by atoms with Crippen molar-refractivity contribution in [1.29, 1.82) is 0 Å². The Hall–Kier alpha value is -2.05. The van der Waals surface area contributed by atoms with Crippen LogP contribution in [0.3, 0.4) is 0 Å². The van der Waals surface area contributed by atoms with E-state index in [0.717, 1.165) is 27.4 Å². The van der Waals surface area contributed by atoms with E-state index in [4.69, 9.17) is 8.83 Å². The van der Waals surface area contributed by atoms with Crippen molar-refractivity contribution in [3.05, 3.63) is 53.2 Å². The molecule has 0 aliphatic carbocycles. The van der Waals surface area contributed by atoms with Crippen LogP contribution < -0.4 is 0 Å². The largest absolute Gasteiger partial charge is 0.440 e. The molecule has 3 aromatic heterocycles. The summed E-state index contributed by atoms with van der Waals surface area (Å²) in [6, 6.07) is 11.8. The summed E-state index contributed by atoms with van der Waals surface area (Å²) in [5.41, 5.74) is 2.61. The number of nitrogens with zero attached hydrogens (tertiary/aromatic N) is 2. The van der Waals surface area contributed by atoms with Crippen molar-refractivity contribution >= 4 is 34.2 Å². The molecular weight excluding hydrogens is 316 g/mol. The summed E-state index contributed by atoms with van der Waals surface area (Å²) >= 11 is 3.15. The van der Waals surface area contributed by atoms with E-state index < -0.39 is 0 Å². The highest BCUT2D eigenvalue weighted by molar-refractivity contribution is 7.98. The second kappa shape index (κ2) is 5.62. The molecule has 3 heterocycles. The summed E-state index contributed by atoms with van der Waals surface area (Å²) in [4.78, 5) is 10.1. The zero-order chi connectivity index (χ0) is 14.9. The van der Waals surface area contributed by atoms with Crippen LogP contribution in [-0.4, -0.2) is 9.97 Å². The van der Waals surface area contributed by atoms with Crippen molar-refractivity contribution in [3.8, 4) is 10.8 Å². The number of benzene rings is 1. The second-order valence-corrected chi connectivity index (χ2v) is 6.61. The number of para-hydroxylation sites is 2. The van der Waals surface area contributed by atoms with E-state index >= 15 is 0 Å². The predicted molar refractivity (Wildman–Crippen MR) is 88.1 cm³/mol. The summed E-state index contributed by atoms with van der Waals surface area (Å²) in [5.74, 6) is 2.20. The molecule has 0 aliphatic rings. The van der Waals surface area contributed by atoms with E-state index in [9.17, 15) is 0 Å². The molecule has 0 amide bonds. The molecule has 0 N–H and O–H groups in total. The highest BCUT2D eigenvalue weighted by Crippen LogP contribution is 2.30. The normalized spacial score (nSPS) is 11.3. The van der Waals surface area contributed by atoms with Gasteiger partial charge in [0.1, 0.15) is 11.3 Å². The van der Waals surface area contributed by atoms with Crippen molar-refractivity contribution in [2.24, 2.45) is 0 Å². The Morgan fingerprint density at radius 1 is 1.09 bits per heavy atom. The maximum atomic E-state index is 5.74. The molecule has 0 atom stereocenters. The lowest BCUT2D eigenvalue weighted by Crippen LogP contribution is -1.84. The van der Waals surface area contributed by atoms with E-state index in [1.165, 1.54) is 11.8 Å². The number of aryl methyl sites for hydroxylation is 1. The van der Waals surface area contributed by atoms with Crippen LogP contribution in [0.15, 0.2) is 55.8 Å². The van der Waals surface area contributed by atoms with Gasteiger partial charge in [-0.05, 0) is 30.5 Å². The number of rotatable bonds is 4. The molecule has 6 heteroatoms. The summed E-state index contributed by atoms with van der Waals surface area (Å²) in [5, 5.41) is 2.67. The van der Waals surface area contributed by atoms with E-state index in [0.29, 0.717) is 16.9 Å². The Kier molecular flexibility index (Phi) is 3.48. The zero-order valence-corrected chi connectivity index (χ0v) is 13.4. The fraction of sp³-hybridized carbons (Fsp3) is 0.125. The van der Waals surface area contributed by atoms with Gasteiger partial charge in [0.2, 0.25) is 5.89 Å². The fourth-order valence-electron chi connectivity index (χ4n) is 2.11. The van der Waals surface area contributed by atoms with Crippen molar-refractivity contribution in [1.82, 2.24) is 9.97 Å². The van der Waals surface area contributed by atoms with Crippen LogP contribution in [0, 0.1) is 6.92 Å². The Morgan fingerprint density at radius 3 is 2.82 bits per heavy atom. The van der Waals surface area contributed by atoms with E-state index in [-0.39, 0.29) is 0 Å². The SMILES string of the molecule is Cc1oc(-c2cccs2)nc1CSc1nc2ccccc2o1. The smallest absolute Gasteiger partial charge is 0.257 e. The third-order valence-electron chi connectivity index (χ3n) is 3.23. The second-order valence-electron chi connectivity index (χ2n) is 4.74. The number of hydrogen-bond donors (Lipinski definition) is 0. The van der Waals surface area contributed by atoms with Crippen LogP contribution in [-0.2, 0) is 5.75 Å². The van der Waals surface area contributed by atoms with Crippen LogP contribution in [0.5, 0.6) is 0 Å². The summed E-state index contributed by atoms with van der Waals surface area (Å²) in [6.45, 7) is 1.94.